The number of rotatable bonds is 4. The van der Waals surface area contributed by atoms with E-state index in [0.717, 1.165) is 0 Å². The van der Waals surface area contributed by atoms with Gasteiger partial charge in [0.2, 0.25) is 5.82 Å². The van der Waals surface area contributed by atoms with Gasteiger partial charge in [0.25, 0.3) is 11.8 Å². The van der Waals surface area contributed by atoms with E-state index in [2.05, 4.69) is 9.97 Å². The Balaban J connectivity index is 2.03. The maximum atomic E-state index is 13.8. The average Bonchev–Trinajstić information content (AvgIpc) is 2.84. The summed E-state index contributed by atoms with van der Waals surface area (Å²) in [6.07, 6.45) is -0.362. The Morgan fingerprint density at radius 1 is 1.17 bits per heavy atom. The van der Waals surface area contributed by atoms with Crippen molar-refractivity contribution in [1.29, 1.82) is 0 Å². The van der Waals surface area contributed by atoms with Crippen molar-refractivity contribution in [2.24, 2.45) is 0 Å². The number of halogens is 1. The van der Waals surface area contributed by atoms with Crippen LogP contribution < -0.4 is 14.2 Å². The van der Waals surface area contributed by atoms with E-state index in [1.807, 2.05) is 0 Å². The number of carbonyl (C=O) groups excluding carboxylic acids is 1. The van der Waals surface area contributed by atoms with Crippen molar-refractivity contribution in [2.75, 3.05) is 14.2 Å². The third kappa shape index (κ3) is 2.52. The molecule has 0 spiro atoms. The van der Waals surface area contributed by atoms with E-state index in [1.165, 1.54) is 14.2 Å². The van der Waals surface area contributed by atoms with Crippen LogP contribution in [0.3, 0.4) is 0 Å². The van der Waals surface area contributed by atoms with Gasteiger partial charge in [-0.1, -0.05) is 12.1 Å². The quantitative estimate of drug-likeness (QED) is 0.801. The molecule has 1 aromatic carbocycles. The average molecular weight is 320 g/mol. The number of benzene rings is 1. The predicted molar refractivity (Wildman–Crippen MR) is 75.4 cm³/mol. The summed E-state index contributed by atoms with van der Waals surface area (Å²) in [7, 11) is 2.52. The minimum atomic E-state index is -0.839. The molecule has 2 heterocycles. The Hall–Kier alpha value is -2.90. The molecular weight excluding hydrogens is 307 g/mol. The standard InChI is InChI=1S/C15H13FN2O5/c1-7-8-5-4-6-9(10(8)14(19)22-7)23-15-17-12(20-2)11(16)13(18-15)21-3/h4-7H,1-3H3. The first kappa shape index (κ1) is 15.0. The summed E-state index contributed by atoms with van der Waals surface area (Å²) < 4.78 is 34.1. The molecule has 0 saturated heterocycles. The number of aromatic nitrogens is 2. The molecule has 0 aliphatic carbocycles. The van der Waals surface area contributed by atoms with Crippen molar-refractivity contribution in [2.45, 2.75) is 13.0 Å². The Kier molecular flexibility index (Phi) is 3.73. The zero-order valence-corrected chi connectivity index (χ0v) is 12.6. The predicted octanol–water partition coefficient (Wildman–Crippen LogP) is 2.66. The fourth-order valence-corrected chi connectivity index (χ4v) is 2.28. The minimum Gasteiger partial charge on any atom is -0.479 e. The van der Waals surface area contributed by atoms with Gasteiger partial charge in [-0.2, -0.15) is 14.4 Å². The monoisotopic (exact) mass is 320 g/mol. The van der Waals surface area contributed by atoms with Gasteiger partial charge in [0, 0.05) is 5.56 Å². The largest absolute Gasteiger partial charge is 0.479 e. The molecule has 120 valence electrons. The van der Waals surface area contributed by atoms with E-state index in [-0.39, 0.29) is 29.6 Å². The van der Waals surface area contributed by atoms with E-state index in [0.29, 0.717) is 11.1 Å². The molecule has 0 bridgehead atoms. The summed E-state index contributed by atoms with van der Waals surface area (Å²) in [5, 5.41) is 0. The topological polar surface area (TPSA) is 79.8 Å². The lowest BCUT2D eigenvalue weighted by Gasteiger charge is -2.10. The molecular formula is C15H13FN2O5. The van der Waals surface area contributed by atoms with Crippen LogP contribution in [-0.2, 0) is 4.74 Å². The first-order valence-corrected chi connectivity index (χ1v) is 6.72. The van der Waals surface area contributed by atoms with E-state index >= 15 is 0 Å². The number of ether oxygens (including phenoxy) is 4. The number of cyclic esters (lactones) is 1. The highest BCUT2D eigenvalue weighted by molar-refractivity contribution is 5.97. The highest BCUT2D eigenvalue weighted by Crippen LogP contribution is 2.38. The molecule has 8 heteroatoms. The van der Waals surface area contributed by atoms with Crippen LogP contribution in [-0.4, -0.2) is 30.2 Å². The number of esters is 1. The summed E-state index contributed by atoms with van der Waals surface area (Å²) in [5.74, 6) is -1.77. The maximum absolute atomic E-state index is 13.8. The third-order valence-corrected chi connectivity index (χ3v) is 3.34. The van der Waals surface area contributed by atoms with Crippen LogP contribution in [0.2, 0.25) is 0 Å². The number of hydrogen-bond donors (Lipinski definition) is 0. The summed E-state index contributed by atoms with van der Waals surface area (Å²) in [4.78, 5) is 19.5. The van der Waals surface area contributed by atoms with Crippen molar-refractivity contribution in [1.82, 2.24) is 9.97 Å². The molecule has 0 amide bonds. The van der Waals surface area contributed by atoms with E-state index in [4.69, 9.17) is 18.9 Å². The first-order valence-electron chi connectivity index (χ1n) is 6.72. The third-order valence-electron chi connectivity index (χ3n) is 3.34. The van der Waals surface area contributed by atoms with Crippen LogP contribution in [0, 0.1) is 5.82 Å². The molecule has 23 heavy (non-hydrogen) atoms. The SMILES string of the molecule is COc1nc(Oc2cccc3c2C(=O)OC3C)nc(OC)c1F. The Labute approximate surface area is 131 Å². The molecule has 0 radical (unpaired) electrons. The number of hydrogen-bond acceptors (Lipinski definition) is 7. The highest BCUT2D eigenvalue weighted by Gasteiger charge is 2.32. The van der Waals surface area contributed by atoms with Crippen LogP contribution in [0.15, 0.2) is 18.2 Å². The molecule has 7 nitrogen and oxygen atoms in total. The molecule has 1 aromatic heterocycles. The van der Waals surface area contributed by atoms with Gasteiger partial charge in [0.15, 0.2) is 0 Å². The molecule has 1 unspecified atom stereocenters. The van der Waals surface area contributed by atoms with Crippen molar-refractivity contribution < 1.29 is 28.1 Å². The van der Waals surface area contributed by atoms with Gasteiger partial charge in [-0.25, -0.2) is 4.79 Å². The van der Waals surface area contributed by atoms with Crippen LogP contribution in [0.5, 0.6) is 23.5 Å². The van der Waals surface area contributed by atoms with Crippen LogP contribution >= 0.6 is 0 Å². The zero-order valence-electron chi connectivity index (χ0n) is 12.6. The second-order valence-electron chi connectivity index (χ2n) is 4.71. The lowest BCUT2D eigenvalue weighted by molar-refractivity contribution is 0.0420. The van der Waals surface area contributed by atoms with E-state index < -0.39 is 11.8 Å². The smallest absolute Gasteiger partial charge is 0.342 e. The molecule has 1 aliphatic heterocycles. The first-order chi connectivity index (χ1) is 11.0. The van der Waals surface area contributed by atoms with Crippen LogP contribution in [0.25, 0.3) is 0 Å². The van der Waals surface area contributed by atoms with E-state index in [1.54, 1.807) is 25.1 Å². The van der Waals surface area contributed by atoms with Gasteiger partial charge >= 0.3 is 12.0 Å². The second kappa shape index (κ2) is 5.71. The highest BCUT2D eigenvalue weighted by atomic mass is 19.1. The summed E-state index contributed by atoms with van der Waals surface area (Å²) >= 11 is 0. The summed E-state index contributed by atoms with van der Waals surface area (Å²) in [6.45, 7) is 1.76. The fourth-order valence-electron chi connectivity index (χ4n) is 2.28. The Bertz CT molecular complexity index is 755. The van der Waals surface area contributed by atoms with Crippen molar-refractivity contribution >= 4 is 5.97 Å². The molecule has 1 aliphatic rings. The Morgan fingerprint density at radius 3 is 2.43 bits per heavy atom. The molecule has 1 atom stereocenters. The number of methoxy groups -OCH3 is 2. The Morgan fingerprint density at radius 2 is 1.83 bits per heavy atom. The van der Waals surface area contributed by atoms with Gasteiger partial charge in [-0.05, 0) is 13.0 Å². The normalized spacial score (nSPS) is 15.8. The van der Waals surface area contributed by atoms with E-state index in [9.17, 15) is 9.18 Å². The summed E-state index contributed by atoms with van der Waals surface area (Å²) in [5.41, 5.74) is 0.999. The van der Waals surface area contributed by atoms with Gasteiger partial charge in [0.05, 0.1) is 14.2 Å². The van der Waals surface area contributed by atoms with Crippen molar-refractivity contribution in [3.8, 4) is 23.5 Å². The molecule has 3 rings (SSSR count). The zero-order chi connectivity index (χ0) is 16.6. The lowest BCUT2D eigenvalue weighted by Crippen LogP contribution is -2.04. The van der Waals surface area contributed by atoms with Crippen LogP contribution in [0.4, 0.5) is 4.39 Å². The second-order valence-corrected chi connectivity index (χ2v) is 4.71. The molecule has 0 saturated carbocycles. The molecule has 0 N–H and O–H groups in total. The van der Waals surface area contributed by atoms with Gasteiger partial charge in [0.1, 0.15) is 17.4 Å². The summed E-state index contributed by atoms with van der Waals surface area (Å²) in [6, 6.07) is 4.85. The van der Waals surface area contributed by atoms with Gasteiger partial charge in [-0.15, -0.1) is 0 Å². The molecule has 2 aromatic rings. The lowest BCUT2D eigenvalue weighted by atomic mass is 10.1. The van der Waals surface area contributed by atoms with Crippen molar-refractivity contribution in [3.05, 3.63) is 35.1 Å². The number of carbonyl (C=O) groups is 1. The molecule has 0 fully saturated rings. The maximum Gasteiger partial charge on any atom is 0.342 e. The minimum absolute atomic E-state index is 0.208. The number of nitrogens with zero attached hydrogens (tertiary/aromatic N) is 2. The van der Waals surface area contributed by atoms with Gasteiger partial charge in [-0.3, -0.25) is 0 Å². The van der Waals surface area contributed by atoms with Gasteiger partial charge < -0.3 is 18.9 Å². The van der Waals surface area contributed by atoms with Crippen LogP contribution in [0.1, 0.15) is 28.9 Å². The fraction of sp³-hybridized carbons (Fsp3) is 0.267. The van der Waals surface area contributed by atoms with Crippen molar-refractivity contribution in [3.63, 3.8) is 0 Å². The number of fused-ring (bicyclic) bond motifs is 1.